The minimum absolute atomic E-state index is 0.419. The van der Waals surface area contributed by atoms with Crippen LogP contribution in [-0.4, -0.2) is 5.54 Å². The Hall–Kier alpha value is -1.26. The van der Waals surface area contributed by atoms with E-state index in [4.69, 9.17) is 5.73 Å². The van der Waals surface area contributed by atoms with Gasteiger partial charge in [-0.25, -0.2) is 0 Å². The van der Waals surface area contributed by atoms with E-state index in [-0.39, 0.29) is 0 Å². The van der Waals surface area contributed by atoms with Crippen LogP contribution in [0.15, 0.2) is 18.2 Å². The summed E-state index contributed by atoms with van der Waals surface area (Å²) in [5.74, 6) is 6.13. The first-order chi connectivity index (χ1) is 6.38. The second-order valence-electron chi connectivity index (χ2n) is 4.29. The molecule has 0 heterocycles. The molecule has 0 aliphatic carbocycles. The quantitative estimate of drug-likeness (QED) is 0.620. The van der Waals surface area contributed by atoms with Crippen LogP contribution in [0.4, 0.5) is 0 Å². The van der Waals surface area contributed by atoms with Crippen molar-refractivity contribution in [3.8, 4) is 11.8 Å². The average molecular weight is 187 g/mol. The van der Waals surface area contributed by atoms with E-state index in [0.717, 1.165) is 5.56 Å². The largest absolute Gasteiger partial charge is 0.316 e. The van der Waals surface area contributed by atoms with Crippen molar-refractivity contribution in [1.29, 1.82) is 0 Å². The standard InChI is InChI=1S/C13H17N/c1-10-5-6-12(11(2)9-10)7-8-13(3,4)14/h5-6,9H,14H2,1-4H3. The summed E-state index contributed by atoms with van der Waals surface area (Å²) in [5, 5.41) is 0. The molecule has 0 bridgehead atoms. The Balaban J connectivity index is 3.02. The molecule has 2 N–H and O–H groups in total. The number of hydrogen-bond donors (Lipinski definition) is 1. The van der Waals surface area contributed by atoms with Crippen molar-refractivity contribution < 1.29 is 0 Å². The Labute approximate surface area is 86.3 Å². The molecule has 0 spiro atoms. The molecule has 0 unspecified atom stereocenters. The van der Waals surface area contributed by atoms with Gasteiger partial charge in [0.1, 0.15) is 0 Å². The SMILES string of the molecule is Cc1ccc(C#CC(C)(C)N)c(C)c1. The molecule has 0 aromatic heterocycles. The highest BCUT2D eigenvalue weighted by atomic mass is 14.7. The second kappa shape index (κ2) is 3.86. The Morgan fingerprint density at radius 2 is 1.86 bits per heavy atom. The molecule has 0 radical (unpaired) electrons. The van der Waals surface area contributed by atoms with E-state index >= 15 is 0 Å². The van der Waals surface area contributed by atoms with Gasteiger partial charge >= 0.3 is 0 Å². The summed E-state index contributed by atoms with van der Waals surface area (Å²) >= 11 is 0. The minimum atomic E-state index is -0.419. The topological polar surface area (TPSA) is 26.0 Å². The van der Waals surface area contributed by atoms with Gasteiger partial charge in [-0.1, -0.05) is 29.5 Å². The molecule has 0 saturated heterocycles. The lowest BCUT2D eigenvalue weighted by atomic mass is 10.0. The minimum Gasteiger partial charge on any atom is -0.316 e. The predicted molar refractivity (Wildman–Crippen MR) is 61.1 cm³/mol. The van der Waals surface area contributed by atoms with Gasteiger partial charge in [-0.15, -0.1) is 0 Å². The molecular formula is C13H17N. The van der Waals surface area contributed by atoms with Crippen LogP contribution in [0.25, 0.3) is 0 Å². The average Bonchev–Trinajstić information content (AvgIpc) is 2.00. The first kappa shape index (κ1) is 10.8. The van der Waals surface area contributed by atoms with Crippen molar-refractivity contribution in [2.45, 2.75) is 33.2 Å². The highest BCUT2D eigenvalue weighted by Gasteiger charge is 2.04. The van der Waals surface area contributed by atoms with E-state index in [1.165, 1.54) is 11.1 Å². The van der Waals surface area contributed by atoms with Gasteiger partial charge in [0.2, 0.25) is 0 Å². The number of benzene rings is 1. The van der Waals surface area contributed by atoms with Gasteiger partial charge in [0, 0.05) is 5.56 Å². The maximum atomic E-state index is 5.79. The van der Waals surface area contributed by atoms with Crippen LogP contribution in [0.2, 0.25) is 0 Å². The molecule has 0 fully saturated rings. The molecule has 1 aromatic carbocycles. The van der Waals surface area contributed by atoms with E-state index in [1.54, 1.807) is 0 Å². The lowest BCUT2D eigenvalue weighted by Gasteiger charge is -2.08. The van der Waals surface area contributed by atoms with Crippen LogP contribution < -0.4 is 5.73 Å². The number of nitrogens with two attached hydrogens (primary N) is 1. The number of aryl methyl sites for hydroxylation is 2. The zero-order chi connectivity index (χ0) is 10.8. The van der Waals surface area contributed by atoms with Gasteiger partial charge in [-0.3, -0.25) is 0 Å². The third kappa shape index (κ3) is 3.24. The fraction of sp³-hybridized carbons (Fsp3) is 0.385. The van der Waals surface area contributed by atoms with Gasteiger partial charge in [-0.05, 0) is 39.3 Å². The fourth-order valence-corrected chi connectivity index (χ4v) is 1.18. The Morgan fingerprint density at radius 3 is 2.36 bits per heavy atom. The zero-order valence-electron chi connectivity index (χ0n) is 9.31. The van der Waals surface area contributed by atoms with Crippen molar-refractivity contribution >= 4 is 0 Å². The van der Waals surface area contributed by atoms with Crippen LogP contribution in [0.1, 0.15) is 30.5 Å². The summed E-state index contributed by atoms with van der Waals surface area (Å²) in [6, 6.07) is 6.25. The molecule has 0 aliphatic heterocycles. The van der Waals surface area contributed by atoms with E-state index in [2.05, 4.69) is 37.8 Å². The molecule has 1 heteroatoms. The summed E-state index contributed by atoms with van der Waals surface area (Å²) in [7, 11) is 0. The lowest BCUT2D eigenvalue weighted by Crippen LogP contribution is -2.29. The highest BCUT2D eigenvalue weighted by molar-refractivity contribution is 5.43. The molecule has 1 nitrogen and oxygen atoms in total. The summed E-state index contributed by atoms with van der Waals surface area (Å²) in [6.45, 7) is 7.96. The van der Waals surface area contributed by atoms with Crippen molar-refractivity contribution in [1.82, 2.24) is 0 Å². The zero-order valence-corrected chi connectivity index (χ0v) is 9.31. The van der Waals surface area contributed by atoms with Crippen LogP contribution in [0.5, 0.6) is 0 Å². The van der Waals surface area contributed by atoms with Crippen molar-refractivity contribution in [2.75, 3.05) is 0 Å². The Morgan fingerprint density at radius 1 is 1.21 bits per heavy atom. The van der Waals surface area contributed by atoms with Gasteiger partial charge in [0.15, 0.2) is 0 Å². The third-order valence-corrected chi connectivity index (χ3v) is 1.90. The first-order valence-electron chi connectivity index (χ1n) is 4.78. The normalized spacial score (nSPS) is 10.6. The number of rotatable bonds is 0. The highest BCUT2D eigenvalue weighted by Crippen LogP contribution is 2.09. The molecule has 14 heavy (non-hydrogen) atoms. The molecule has 1 rings (SSSR count). The summed E-state index contributed by atoms with van der Waals surface area (Å²) in [5.41, 5.74) is 8.91. The first-order valence-corrected chi connectivity index (χ1v) is 4.78. The molecule has 0 saturated carbocycles. The number of hydrogen-bond acceptors (Lipinski definition) is 1. The molecule has 0 aliphatic rings. The van der Waals surface area contributed by atoms with Crippen molar-refractivity contribution in [2.24, 2.45) is 5.73 Å². The summed E-state index contributed by atoms with van der Waals surface area (Å²) in [4.78, 5) is 0. The maximum absolute atomic E-state index is 5.79. The smallest absolute Gasteiger partial charge is 0.0722 e. The maximum Gasteiger partial charge on any atom is 0.0722 e. The van der Waals surface area contributed by atoms with E-state index in [0.29, 0.717) is 0 Å². The van der Waals surface area contributed by atoms with Crippen LogP contribution in [0.3, 0.4) is 0 Å². The van der Waals surface area contributed by atoms with E-state index in [1.807, 2.05) is 19.9 Å². The fourth-order valence-electron chi connectivity index (χ4n) is 1.18. The summed E-state index contributed by atoms with van der Waals surface area (Å²) in [6.07, 6.45) is 0. The van der Waals surface area contributed by atoms with Crippen LogP contribution in [0, 0.1) is 25.7 Å². The van der Waals surface area contributed by atoms with E-state index in [9.17, 15) is 0 Å². The summed E-state index contributed by atoms with van der Waals surface area (Å²) < 4.78 is 0. The van der Waals surface area contributed by atoms with Crippen molar-refractivity contribution in [3.63, 3.8) is 0 Å². The van der Waals surface area contributed by atoms with Gasteiger partial charge in [-0.2, -0.15) is 0 Å². The van der Waals surface area contributed by atoms with Crippen LogP contribution in [-0.2, 0) is 0 Å². The molecule has 0 atom stereocenters. The Bertz CT molecular complexity index is 386. The van der Waals surface area contributed by atoms with E-state index < -0.39 is 5.54 Å². The molecule has 1 aromatic rings. The predicted octanol–water partition coefficient (Wildman–Crippen LogP) is 2.39. The van der Waals surface area contributed by atoms with Gasteiger partial charge < -0.3 is 5.73 Å². The molecular weight excluding hydrogens is 170 g/mol. The van der Waals surface area contributed by atoms with Crippen LogP contribution >= 0.6 is 0 Å². The van der Waals surface area contributed by atoms with Gasteiger partial charge in [0.25, 0.3) is 0 Å². The lowest BCUT2D eigenvalue weighted by molar-refractivity contribution is 0.680. The third-order valence-electron chi connectivity index (χ3n) is 1.90. The Kier molecular flexibility index (Phi) is 2.98. The molecule has 74 valence electrons. The van der Waals surface area contributed by atoms with Crippen molar-refractivity contribution in [3.05, 3.63) is 34.9 Å². The second-order valence-corrected chi connectivity index (χ2v) is 4.29. The van der Waals surface area contributed by atoms with Gasteiger partial charge in [0.05, 0.1) is 5.54 Å². The monoisotopic (exact) mass is 187 g/mol. The molecule has 0 amide bonds.